The van der Waals surface area contributed by atoms with Gasteiger partial charge in [0, 0.05) is 11.8 Å². The molecule has 0 saturated carbocycles. The Bertz CT molecular complexity index is 948. The fourth-order valence-corrected chi connectivity index (χ4v) is 4.30. The van der Waals surface area contributed by atoms with Gasteiger partial charge in [-0.15, -0.1) is 0 Å². The van der Waals surface area contributed by atoms with Gasteiger partial charge in [-0.3, -0.25) is 0 Å². The Kier molecular flexibility index (Phi) is 7.24. The van der Waals surface area contributed by atoms with Gasteiger partial charge < -0.3 is 19.6 Å². The summed E-state index contributed by atoms with van der Waals surface area (Å²) in [5.41, 5.74) is 12.3. The number of aryl methyl sites for hydroxylation is 1. The highest BCUT2D eigenvalue weighted by Crippen LogP contribution is 2.36. The van der Waals surface area contributed by atoms with Gasteiger partial charge in [-0.25, -0.2) is 4.98 Å². The second-order valence-corrected chi connectivity index (χ2v) is 14.5. The third-order valence-electron chi connectivity index (χ3n) is 6.27. The molecule has 2 N–H and O–H groups in total. The van der Waals surface area contributed by atoms with Gasteiger partial charge >= 0.3 is 0 Å². The Hall–Kier alpha value is -2.15. The number of pyridine rings is 1. The molecule has 1 aliphatic heterocycles. The van der Waals surface area contributed by atoms with Crippen LogP contribution >= 0.6 is 0 Å². The summed E-state index contributed by atoms with van der Waals surface area (Å²) < 4.78 is 17.8. The number of hydrogen-bond donors (Lipinski definition) is 1. The van der Waals surface area contributed by atoms with Gasteiger partial charge in [-0.2, -0.15) is 0 Å². The molecular weight excluding hydrogens is 404 g/mol. The van der Waals surface area contributed by atoms with Crippen molar-refractivity contribution in [1.82, 2.24) is 4.98 Å². The van der Waals surface area contributed by atoms with Crippen LogP contribution in [0.15, 0.2) is 36.4 Å². The van der Waals surface area contributed by atoms with Crippen LogP contribution in [0, 0.1) is 6.92 Å². The van der Waals surface area contributed by atoms with Crippen molar-refractivity contribution in [2.24, 2.45) is 0 Å². The molecule has 168 valence electrons. The molecule has 6 heteroatoms. The van der Waals surface area contributed by atoms with Crippen molar-refractivity contribution in [2.75, 3.05) is 32.2 Å². The largest absolute Gasteiger partial charge is 0.475 e. The van der Waals surface area contributed by atoms with Crippen LogP contribution in [0.4, 0.5) is 5.69 Å². The maximum atomic E-state index is 6.25. The van der Waals surface area contributed by atoms with Crippen LogP contribution < -0.4 is 10.5 Å². The van der Waals surface area contributed by atoms with E-state index in [1.54, 1.807) is 0 Å². The van der Waals surface area contributed by atoms with E-state index < -0.39 is 8.32 Å². The molecule has 0 atom stereocenters. The van der Waals surface area contributed by atoms with Crippen molar-refractivity contribution in [3.8, 4) is 17.0 Å². The summed E-state index contributed by atoms with van der Waals surface area (Å²) in [6, 6.07) is 10.1. The first-order valence-corrected chi connectivity index (χ1v) is 13.9. The highest BCUT2D eigenvalue weighted by Gasteiger charge is 2.36. The maximum Gasteiger partial charge on any atom is 0.214 e. The van der Waals surface area contributed by atoms with Crippen molar-refractivity contribution in [3.05, 3.63) is 47.7 Å². The minimum absolute atomic E-state index is 0.179. The predicted molar refractivity (Wildman–Crippen MR) is 131 cm³/mol. The van der Waals surface area contributed by atoms with Gasteiger partial charge in [0.05, 0.1) is 25.5 Å². The van der Waals surface area contributed by atoms with Crippen LogP contribution in [0.5, 0.6) is 5.88 Å². The highest BCUT2D eigenvalue weighted by molar-refractivity contribution is 6.74. The van der Waals surface area contributed by atoms with E-state index in [0.717, 1.165) is 28.9 Å². The van der Waals surface area contributed by atoms with E-state index >= 15 is 0 Å². The number of aromatic nitrogens is 1. The third-order valence-corrected chi connectivity index (χ3v) is 10.8. The summed E-state index contributed by atoms with van der Waals surface area (Å²) in [4.78, 5) is 4.80. The molecule has 3 rings (SSSR count). The summed E-state index contributed by atoms with van der Waals surface area (Å²) in [6.45, 7) is 15.7. The number of ether oxygens (including phenoxy) is 2. The average Bonchev–Trinajstić information content (AvgIpc) is 2.72. The summed E-state index contributed by atoms with van der Waals surface area (Å²) in [5.74, 6) is 0.612. The Labute approximate surface area is 187 Å². The Balaban J connectivity index is 1.84. The van der Waals surface area contributed by atoms with Gasteiger partial charge in [-0.05, 0) is 71.9 Å². The quantitative estimate of drug-likeness (QED) is 0.333. The molecule has 2 aromatic rings. The van der Waals surface area contributed by atoms with Gasteiger partial charge in [0.15, 0.2) is 8.32 Å². The molecule has 2 heterocycles. The zero-order valence-electron chi connectivity index (χ0n) is 19.7. The van der Waals surface area contributed by atoms with Crippen molar-refractivity contribution in [1.29, 1.82) is 0 Å². The zero-order valence-corrected chi connectivity index (χ0v) is 20.7. The fourth-order valence-electron chi connectivity index (χ4n) is 3.27. The number of nitrogens with zero attached hydrogens (tertiary/aromatic N) is 1. The Morgan fingerprint density at radius 3 is 2.58 bits per heavy atom. The molecule has 0 amide bonds. The van der Waals surface area contributed by atoms with E-state index in [-0.39, 0.29) is 5.04 Å². The van der Waals surface area contributed by atoms with Crippen LogP contribution in [0.1, 0.15) is 38.4 Å². The summed E-state index contributed by atoms with van der Waals surface area (Å²) in [7, 11) is -1.80. The van der Waals surface area contributed by atoms with Gasteiger partial charge in [0.25, 0.3) is 0 Å². The van der Waals surface area contributed by atoms with Gasteiger partial charge in [-0.1, -0.05) is 32.9 Å². The van der Waals surface area contributed by atoms with Crippen LogP contribution in [-0.4, -0.2) is 39.7 Å². The number of anilines is 1. The number of hydrogen-bond acceptors (Lipinski definition) is 5. The molecule has 0 spiro atoms. The maximum absolute atomic E-state index is 6.25. The fraction of sp³-hybridized carbons (Fsp3) is 0.480. The van der Waals surface area contributed by atoms with Crippen LogP contribution in [-0.2, 0) is 9.16 Å². The normalized spacial score (nSPS) is 15.0. The number of rotatable bonds is 7. The Morgan fingerprint density at radius 2 is 1.90 bits per heavy atom. The van der Waals surface area contributed by atoms with Crippen molar-refractivity contribution >= 4 is 19.6 Å². The second kappa shape index (κ2) is 9.55. The SMILES string of the molecule is Cc1ccc(N)cc1-c1cc(OCCO[Si](C)(C)C(C)(C)C)nc(C2=CCOCC2)c1. The van der Waals surface area contributed by atoms with Gasteiger partial charge in [0.2, 0.25) is 5.88 Å². The van der Waals surface area contributed by atoms with E-state index in [1.807, 2.05) is 24.3 Å². The first-order chi connectivity index (χ1) is 14.6. The first kappa shape index (κ1) is 23.5. The molecule has 0 aliphatic carbocycles. The lowest BCUT2D eigenvalue weighted by Gasteiger charge is -2.36. The van der Waals surface area contributed by atoms with Crippen molar-refractivity contribution in [2.45, 2.75) is 52.2 Å². The molecule has 0 fully saturated rings. The Morgan fingerprint density at radius 1 is 1.13 bits per heavy atom. The van der Waals surface area contributed by atoms with Crippen LogP contribution in [0.2, 0.25) is 18.1 Å². The number of nitrogens with two attached hydrogens (primary N) is 1. The molecule has 5 nitrogen and oxygen atoms in total. The first-order valence-electron chi connectivity index (χ1n) is 11.0. The molecule has 0 saturated heterocycles. The van der Waals surface area contributed by atoms with E-state index in [2.05, 4.69) is 52.9 Å². The molecule has 0 radical (unpaired) electrons. The molecule has 1 aromatic heterocycles. The smallest absolute Gasteiger partial charge is 0.214 e. The molecule has 0 bridgehead atoms. The lowest BCUT2D eigenvalue weighted by Crippen LogP contribution is -2.41. The zero-order chi connectivity index (χ0) is 22.6. The summed E-state index contributed by atoms with van der Waals surface area (Å²) in [5, 5.41) is 0.179. The van der Waals surface area contributed by atoms with Crippen LogP contribution in [0.25, 0.3) is 16.7 Å². The lowest BCUT2D eigenvalue weighted by molar-refractivity contribution is 0.161. The molecular formula is C25H36N2O3Si. The van der Waals surface area contributed by atoms with Crippen LogP contribution in [0.3, 0.4) is 0 Å². The summed E-state index contributed by atoms with van der Waals surface area (Å²) >= 11 is 0. The lowest BCUT2D eigenvalue weighted by atomic mass is 9.97. The van der Waals surface area contributed by atoms with Crippen molar-refractivity contribution < 1.29 is 13.9 Å². The standard InChI is InChI=1S/C25H36N2O3Si/c1-18-7-8-21(26)17-22(18)20-15-23(19-9-11-28-12-10-19)27-24(16-20)29-13-14-30-31(5,6)25(2,3)4/h7-9,15-17H,10-14,26H2,1-6H3. The van der Waals surface area contributed by atoms with Gasteiger partial charge in [0.1, 0.15) is 6.61 Å². The predicted octanol–water partition coefficient (Wildman–Crippen LogP) is 5.84. The van der Waals surface area contributed by atoms with Crippen molar-refractivity contribution in [3.63, 3.8) is 0 Å². The molecule has 31 heavy (non-hydrogen) atoms. The van der Waals surface area contributed by atoms with E-state index in [1.165, 1.54) is 11.1 Å². The minimum Gasteiger partial charge on any atom is -0.475 e. The minimum atomic E-state index is -1.80. The monoisotopic (exact) mass is 440 g/mol. The highest BCUT2D eigenvalue weighted by atomic mass is 28.4. The van der Waals surface area contributed by atoms with E-state index in [9.17, 15) is 0 Å². The number of nitrogen functional groups attached to an aromatic ring is 1. The van der Waals surface area contributed by atoms with E-state index in [0.29, 0.717) is 32.3 Å². The summed E-state index contributed by atoms with van der Waals surface area (Å²) in [6.07, 6.45) is 2.95. The van der Waals surface area contributed by atoms with E-state index in [4.69, 9.17) is 24.6 Å². The third kappa shape index (κ3) is 5.96. The topological polar surface area (TPSA) is 66.6 Å². The molecule has 1 aliphatic rings. The molecule has 1 aromatic carbocycles. The second-order valence-electron chi connectivity index (χ2n) is 9.67. The molecule has 0 unspecified atom stereocenters. The average molecular weight is 441 g/mol. The number of benzene rings is 1.